The molecule has 0 bridgehead atoms. The van der Waals surface area contributed by atoms with E-state index in [9.17, 15) is 4.79 Å². The number of hydrogen-bond acceptors (Lipinski definition) is 4. The van der Waals surface area contributed by atoms with Gasteiger partial charge in [0.15, 0.2) is 16.3 Å². The van der Waals surface area contributed by atoms with Crippen LogP contribution in [-0.2, 0) is 11.3 Å². The number of benzene rings is 1. The monoisotopic (exact) mass is 304 g/mol. The van der Waals surface area contributed by atoms with E-state index in [4.69, 9.17) is 9.47 Å². The fraction of sp³-hybridized carbons (Fsp3) is 0.333. The lowest BCUT2D eigenvalue weighted by Crippen LogP contribution is -2.18. The maximum absolute atomic E-state index is 11.9. The smallest absolute Gasteiger partial charge is 0.250 e. The van der Waals surface area contributed by atoms with Gasteiger partial charge in [-0.2, -0.15) is 4.99 Å². The van der Waals surface area contributed by atoms with Gasteiger partial charge < -0.3 is 14.0 Å². The minimum absolute atomic E-state index is 0.121. The maximum atomic E-state index is 11.9. The number of hydrogen-bond donors (Lipinski definition) is 0. The molecular weight excluding hydrogens is 288 g/mol. The molecule has 3 rings (SSSR count). The van der Waals surface area contributed by atoms with E-state index < -0.39 is 0 Å². The molecule has 0 fully saturated rings. The summed E-state index contributed by atoms with van der Waals surface area (Å²) in [6.45, 7) is 8.29. The lowest BCUT2D eigenvalue weighted by molar-refractivity contribution is -0.120. The molecule has 21 heavy (non-hydrogen) atoms. The molecule has 0 aliphatic carbocycles. The number of carbonyl (C=O) groups excluding carboxylic acids is 1. The highest BCUT2D eigenvalue weighted by Gasteiger charge is 2.17. The zero-order valence-electron chi connectivity index (χ0n) is 12.0. The predicted octanol–water partition coefficient (Wildman–Crippen LogP) is 2.70. The van der Waals surface area contributed by atoms with Crippen LogP contribution in [0.2, 0.25) is 0 Å². The van der Waals surface area contributed by atoms with Crippen LogP contribution < -0.4 is 14.3 Å². The zero-order valence-corrected chi connectivity index (χ0v) is 12.8. The molecule has 0 spiro atoms. The highest BCUT2D eigenvalue weighted by molar-refractivity contribution is 7.16. The number of carbonyl (C=O) groups is 1. The number of ether oxygens (including phenoxy) is 2. The fourth-order valence-corrected chi connectivity index (χ4v) is 3.13. The van der Waals surface area contributed by atoms with Crippen LogP contribution in [0.3, 0.4) is 0 Å². The quantitative estimate of drug-likeness (QED) is 0.819. The van der Waals surface area contributed by atoms with Crippen molar-refractivity contribution in [2.45, 2.75) is 20.4 Å². The van der Waals surface area contributed by atoms with Crippen LogP contribution >= 0.6 is 11.3 Å². The van der Waals surface area contributed by atoms with Crippen LogP contribution in [0, 0.1) is 5.92 Å². The first-order chi connectivity index (χ1) is 10.1. The Kier molecular flexibility index (Phi) is 3.55. The average Bonchev–Trinajstić information content (AvgIpc) is 3.01. The molecule has 1 aromatic carbocycles. The summed E-state index contributed by atoms with van der Waals surface area (Å²) < 4.78 is 13.8. The Hall–Kier alpha value is -2.08. The summed E-state index contributed by atoms with van der Waals surface area (Å²) in [6, 6.07) is 3.86. The van der Waals surface area contributed by atoms with E-state index in [0.29, 0.717) is 11.3 Å². The van der Waals surface area contributed by atoms with Gasteiger partial charge in [-0.15, -0.1) is 6.58 Å². The SMILES string of the molecule is C=CCn1c(=NC(=O)C(C)C)sc2cc3c(cc21)OCO3. The second-order valence-corrected chi connectivity index (χ2v) is 6.07. The lowest BCUT2D eigenvalue weighted by atomic mass is 10.2. The van der Waals surface area contributed by atoms with E-state index in [1.165, 1.54) is 11.3 Å². The first kappa shape index (κ1) is 13.9. The third-order valence-electron chi connectivity index (χ3n) is 3.19. The highest BCUT2D eigenvalue weighted by atomic mass is 32.1. The highest BCUT2D eigenvalue weighted by Crippen LogP contribution is 2.36. The van der Waals surface area contributed by atoms with Crippen molar-refractivity contribution in [2.24, 2.45) is 10.9 Å². The van der Waals surface area contributed by atoms with Gasteiger partial charge in [-0.25, -0.2) is 0 Å². The van der Waals surface area contributed by atoms with Crippen LogP contribution in [-0.4, -0.2) is 17.3 Å². The number of amides is 1. The van der Waals surface area contributed by atoms with E-state index in [2.05, 4.69) is 11.6 Å². The molecular formula is C15H16N2O3S. The Morgan fingerprint density at radius 2 is 2.19 bits per heavy atom. The van der Waals surface area contributed by atoms with Crippen LogP contribution in [0.4, 0.5) is 0 Å². The Morgan fingerprint density at radius 1 is 1.48 bits per heavy atom. The third-order valence-corrected chi connectivity index (χ3v) is 4.23. The molecule has 0 radical (unpaired) electrons. The van der Waals surface area contributed by atoms with Crippen LogP contribution in [0.5, 0.6) is 11.5 Å². The summed E-state index contributed by atoms with van der Waals surface area (Å²) in [5.41, 5.74) is 0.972. The van der Waals surface area contributed by atoms with Crippen molar-refractivity contribution in [3.8, 4) is 11.5 Å². The summed E-state index contributed by atoms with van der Waals surface area (Å²) in [5, 5.41) is 0. The van der Waals surface area contributed by atoms with Crippen LogP contribution in [0.1, 0.15) is 13.8 Å². The topological polar surface area (TPSA) is 52.8 Å². The van der Waals surface area contributed by atoms with Gasteiger partial charge in [0.1, 0.15) is 0 Å². The van der Waals surface area contributed by atoms with E-state index in [0.717, 1.165) is 21.7 Å². The van der Waals surface area contributed by atoms with Crippen molar-refractivity contribution < 1.29 is 14.3 Å². The largest absolute Gasteiger partial charge is 0.454 e. The second-order valence-electron chi connectivity index (χ2n) is 5.06. The molecule has 6 heteroatoms. The van der Waals surface area contributed by atoms with E-state index in [1.807, 2.05) is 30.5 Å². The first-order valence-corrected chi connectivity index (χ1v) is 7.54. The van der Waals surface area contributed by atoms with Gasteiger partial charge in [0.05, 0.1) is 10.2 Å². The molecule has 110 valence electrons. The van der Waals surface area contributed by atoms with Crippen molar-refractivity contribution in [1.29, 1.82) is 0 Å². The van der Waals surface area contributed by atoms with Crippen molar-refractivity contribution in [2.75, 3.05) is 6.79 Å². The van der Waals surface area contributed by atoms with E-state index in [-0.39, 0.29) is 18.6 Å². The van der Waals surface area contributed by atoms with Gasteiger partial charge in [0.25, 0.3) is 5.91 Å². The molecule has 0 atom stereocenters. The molecule has 0 unspecified atom stereocenters. The molecule has 1 amide bonds. The molecule has 2 heterocycles. The molecule has 0 N–H and O–H groups in total. The number of nitrogens with zero attached hydrogens (tertiary/aromatic N) is 2. The van der Waals surface area contributed by atoms with Crippen molar-refractivity contribution >= 4 is 27.5 Å². The summed E-state index contributed by atoms with van der Waals surface area (Å²) >= 11 is 1.47. The third kappa shape index (κ3) is 2.47. The summed E-state index contributed by atoms with van der Waals surface area (Å²) in [6.07, 6.45) is 1.79. The molecule has 1 aliphatic heterocycles. The summed E-state index contributed by atoms with van der Waals surface area (Å²) in [5.74, 6) is 1.21. The molecule has 0 saturated carbocycles. The van der Waals surface area contributed by atoms with Gasteiger partial charge in [0, 0.05) is 24.6 Å². The normalized spacial score (nSPS) is 14.1. The molecule has 1 aromatic heterocycles. The minimum atomic E-state index is -0.126. The van der Waals surface area contributed by atoms with Gasteiger partial charge in [-0.1, -0.05) is 31.3 Å². The number of aromatic nitrogens is 1. The average molecular weight is 304 g/mol. The Balaban J connectivity index is 2.23. The molecule has 1 aliphatic rings. The molecule has 0 saturated heterocycles. The van der Waals surface area contributed by atoms with Gasteiger partial charge in [-0.05, 0) is 0 Å². The van der Waals surface area contributed by atoms with E-state index >= 15 is 0 Å². The van der Waals surface area contributed by atoms with E-state index in [1.54, 1.807) is 6.08 Å². The van der Waals surface area contributed by atoms with Gasteiger partial charge in [-0.3, -0.25) is 4.79 Å². The van der Waals surface area contributed by atoms with Crippen LogP contribution in [0.25, 0.3) is 10.2 Å². The number of rotatable bonds is 3. The van der Waals surface area contributed by atoms with Crippen molar-refractivity contribution in [3.63, 3.8) is 0 Å². The molecule has 5 nitrogen and oxygen atoms in total. The summed E-state index contributed by atoms with van der Waals surface area (Å²) in [4.78, 5) is 16.8. The summed E-state index contributed by atoms with van der Waals surface area (Å²) in [7, 11) is 0. The van der Waals surface area contributed by atoms with Gasteiger partial charge in [0.2, 0.25) is 6.79 Å². The fourth-order valence-electron chi connectivity index (χ4n) is 2.07. The Bertz CT molecular complexity index is 786. The number of thiazole rings is 1. The molecule has 2 aromatic rings. The van der Waals surface area contributed by atoms with Gasteiger partial charge >= 0.3 is 0 Å². The Labute approximate surface area is 126 Å². The maximum Gasteiger partial charge on any atom is 0.250 e. The first-order valence-electron chi connectivity index (χ1n) is 6.72. The Morgan fingerprint density at radius 3 is 2.86 bits per heavy atom. The van der Waals surface area contributed by atoms with Crippen molar-refractivity contribution in [1.82, 2.24) is 4.57 Å². The van der Waals surface area contributed by atoms with Crippen molar-refractivity contribution in [3.05, 3.63) is 29.6 Å². The predicted molar refractivity (Wildman–Crippen MR) is 81.5 cm³/mol. The lowest BCUT2D eigenvalue weighted by Gasteiger charge is -2.02. The standard InChI is InChI=1S/C15H16N2O3S/c1-4-5-17-10-6-11-12(20-8-19-11)7-13(10)21-15(17)16-14(18)9(2)3/h4,6-7,9H,1,5,8H2,2-3H3. The number of fused-ring (bicyclic) bond motifs is 2. The van der Waals surface area contributed by atoms with Crippen LogP contribution in [0.15, 0.2) is 29.8 Å². The second kappa shape index (κ2) is 5.37. The minimum Gasteiger partial charge on any atom is -0.454 e. The number of allylic oxidation sites excluding steroid dienone is 1. The zero-order chi connectivity index (χ0) is 15.0.